The Morgan fingerprint density at radius 3 is 2.77 bits per heavy atom. The fourth-order valence-electron chi connectivity index (χ4n) is 1.71. The van der Waals surface area contributed by atoms with Crippen molar-refractivity contribution in [1.29, 1.82) is 0 Å². The predicted octanol–water partition coefficient (Wildman–Crippen LogP) is 1.28. The van der Waals surface area contributed by atoms with Crippen LogP contribution in [0, 0.1) is 10.1 Å². The van der Waals surface area contributed by atoms with Crippen molar-refractivity contribution >= 4 is 23.3 Å². The number of carbonyl (C=O) groups is 2. The van der Waals surface area contributed by atoms with Crippen LogP contribution in [0.5, 0.6) is 5.88 Å². The number of benzene rings is 1. The van der Waals surface area contributed by atoms with E-state index in [1.54, 1.807) is 0 Å². The number of rotatable bonds is 5. The van der Waals surface area contributed by atoms with E-state index in [1.165, 1.54) is 31.4 Å². The minimum atomic E-state index is -1.16. The molecule has 0 fully saturated rings. The number of aromatic carboxylic acids is 1. The SMILES string of the molecule is COc1n[nH]c(C(=O)Nc2cccc(C(=O)O)c2)c1[N+](=O)[O-]. The van der Waals surface area contributed by atoms with Crippen LogP contribution >= 0.6 is 0 Å². The van der Waals surface area contributed by atoms with Gasteiger partial charge in [0.2, 0.25) is 5.69 Å². The van der Waals surface area contributed by atoms with Gasteiger partial charge in [-0.2, -0.15) is 0 Å². The second kappa shape index (κ2) is 5.91. The predicted molar refractivity (Wildman–Crippen MR) is 73.1 cm³/mol. The van der Waals surface area contributed by atoms with E-state index in [9.17, 15) is 19.7 Å². The number of amides is 1. The van der Waals surface area contributed by atoms with Gasteiger partial charge in [0.15, 0.2) is 0 Å². The molecule has 1 heterocycles. The van der Waals surface area contributed by atoms with Crippen molar-refractivity contribution in [1.82, 2.24) is 10.2 Å². The number of hydrogen-bond acceptors (Lipinski definition) is 6. The van der Waals surface area contributed by atoms with Gasteiger partial charge in [0.25, 0.3) is 5.91 Å². The monoisotopic (exact) mass is 306 g/mol. The molecular formula is C12H10N4O6. The van der Waals surface area contributed by atoms with E-state index >= 15 is 0 Å². The summed E-state index contributed by atoms with van der Waals surface area (Å²) in [5.74, 6) is -2.33. The molecule has 0 aliphatic rings. The second-order valence-electron chi connectivity index (χ2n) is 4.05. The van der Waals surface area contributed by atoms with Gasteiger partial charge in [0, 0.05) is 5.69 Å². The van der Waals surface area contributed by atoms with Crippen LogP contribution in [-0.2, 0) is 0 Å². The molecule has 0 spiro atoms. The van der Waals surface area contributed by atoms with E-state index in [-0.39, 0.29) is 17.1 Å². The van der Waals surface area contributed by atoms with Crippen LogP contribution in [-0.4, -0.2) is 39.2 Å². The van der Waals surface area contributed by atoms with Crippen molar-refractivity contribution < 1.29 is 24.4 Å². The molecule has 0 bridgehead atoms. The van der Waals surface area contributed by atoms with Crippen LogP contribution in [0.2, 0.25) is 0 Å². The molecule has 0 aliphatic heterocycles. The molecular weight excluding hydrogens is 296 g/mol. The zero-order valence-corrected chi connectivity index (χ0v) is 11.2. The average Bonchev–Trinajstić information content (AvgIpc) is 2.91. The number of nitrogens with zero attached hydrogens (tertiary/aromatic N) is 2. The summed E-state index contributed by atoms with van der Waals surface area (Å²) < 4.78 is 4.70. The molecule has 0 aliphatic carbocycles. The number of methoxy groups -OCH3 is 1. The highest BCUT2D eigenvalue weighted by molar-refractivity contribution is 6.06. The number of nitrogens with one attached hydrogen (secondary N) is 2. The third kappa shape index (κ3) is 2.85. The third-order valence-electron chi connectivity index (χ3n) is 2.68. The number of H-pyrrole nitrogens is 1. The molecule has 22 heavy (non-hydrogen) atoms. The summed E-state index contributed by atoms with van der Waals surface area (Å²) in [7, 11) is 1.18. The Bertz CT molecular complexity index is 754. The van der Waals surface area contributed by atoms with Crippen molar-refractivity contribution in [2.45, 2.75) is 0 Å². The lowest BCUT2D eigenvalue weighted by Crippen LogP contribution is -2.14. The first kappa shape index (κ1) is 15.0. The number of carbonyl (C=O) groups excluding carboxylic acids is 1. The first-order valence-electron chi connectivity index (χ1n) is 5.85. The van der Waals surface area contributed by atoms with Gasteiger partial charge in [0.05, 0.1) is 17.6 Å². The second-order valence-corrected chi connectivity index (χ2v) is 4.05. The van der Waals surface area contributed by atoms with Gasteiger partial charge in [-0.05, 0) is 18.2 Å². The fraction of sp³-hybridized carbons (Fsp3) is 0.0833. The fourth-order valence-corrected chi connectivity index (χ4v) is 1.71. The van der Waals surface area contributed by atoms with Crippen LogP contribution < -0.4 is 10.1 Å². The smallest absolute Gasteiger partial charge is 0.362 e. The lowest BCUT2D eigenvalue weighted by molar-refractivity contribution is -0.386. The molecule has 1 aromatic heterocycles. The molecule has 1 aromatic carbocycles. The lowest BCUT2D eigenvalue weighted by Gasteiger charge is -2.04. The van der Waals surface area contributed by atoms with Gasteiger partial charge in [0.1, 0.15) is 0 Å². The Balaban J connectivity index is 2.30. The maximum absolute atomic E-state index is 12.1. The summed E-state index contributed by atoms with van der Waals surface area (Å²) in [6.45, 7) is 0. The van der Waals surface area contributed by atoms with Crippen LogP contribution in [0.1, 0.15) is 20.8 Å². The maximum atomic E-state index is 12.1. The molecule has 1 amide bonds. The number of anilines is 1. The Kier molecular flexibility index (Phi) is 4.02. The van der Waals surface area contributed by atoms with E-state index in [4.69, 9.17) is 9.84 Å². The van der Waals surface area contributed by atoms with Crippen LogP contribution in [0.15, 0.2) is 24.3 Å². The largest absolute Gasteiger partial charge is 0.478 e. The molecule has 0 unspecified atom stereocenters. The van der Waals surface area contributed by atoms with Gasteiger partial charge in [-0.25, -0.2) is 4.79 Å². The maximum Gasteiger partial charge on any atom is 0.362 e. The number of aromatic nitrogens is 2. The molecule has 0 saturated heterocycles. The molecule has 2 aromatic rings. The standard InChI is InChI=1S/C12H10N4O6/c1-22-11-9(16(20)21)8(14-15-11)10(17)13-7-4-2-3-6(5-7)12(18)19/h2-5H,1H3,(H,13,17)(H,14,15)(H,18,19). The zero-order valence-electron chi connectivity index (χ0n) is 11.2. The van der Waals surface area contributed by atoms with Crippen LogP contribution in [0.3, 0.4) is 0 Å². The molecule has 2 rings (SSSR count). The summed E-state index contributed by atoms with van der Waals surface area (Å²) in [5, 5.41) is 27.9. The third-order valence-corrected chi connectivity index (χ3v) is 2.68. The number of nitro groups is 1. The van der Waals surface area contributed by atoms with Crippen molar-refractivity contribution in [3.63, 3.8) is 0 Å². The summed E-state index contributed by atoms with van der Waals surface area (Å²) in [6, 6.07) is 5.45. The zero-order chi connectivity index (χ0) is 16.3. The minimum Gasteiger partial charge on any atom is -0.478 e. The van der Waals surface area contributed by atoms with E-state index in [1.807, 2.05) is 0 Å². The number of ether oxygens (including phenoxy) is 1. The normalized spacial score (nSPS) is 10.0. The van der Waals surface area contributed by atoms with Gasteiger partial charge in [-0.3, -0.25) is 20.0 Å². The number of aromatic amines is 1. The molecule has 0 saturated carbocycles. The summed E-state index contributed by atoms with van der Waals surface area (Å²) in [6.07, 6.45) is 0. The van der Waals surface area contributed by atoms with E-state index < -0.39 is 28.2 Å². The molecule has 10 heteroatoms. The number of carboxylic acid groups (broad SMARTS) is 1. The summed E-state index contributed by atoms with van der Waals surface area (Å²) >= 11 is 0. The van der Waals surface area contributed by atoms with Crippen LogP contribution in [0.25, 0.3) is 0 Å². The summed E-state index contributed by atoms with van der Waals surface area (Å²) in [4.78, 5) is 33.1. The number of carboxylic acids is 1. The minimum absolute atomic E-state index is 0.0329. The Morgan fingerprint density at radius 1 is 1.45 bits per heavy atom. The Hall–Kier alpha value is -3.43. The van der Waals surface area contributed by atoms with Gasteiger partial charge in [-0.15, -0.1) is 5.10 Å². The molecule has 114 valence electrons. The highest BCUT2D eigenvalue weighted by Crippen LogP contribution is 2.28. The number of hydrogen-bond donors (Lipinski definition) is 3. The quantitative estimate of drug-likeness (QED) is 0.556. The summed E-state index contributed by atoms with van der Waals surface area (Å²) in [5.41, 5.74) is -0.862. The van der Waals surface area contributed by atoms with Gasteiger partial charge < -0.3 is 15.2 Å². The van der Waals surface area contributed by atoms with Crippen LogP contribution in [0.4, 0.5) is 11.4 Å². The highest BCUT2D eigenvalue weighted by Gasteiger charge is 2.30. The van der Waals surface area contributed by atoms with Crippen molar-refractivity contribution in [3.8, 4) is 5.88 Å². The van der Waals surface area contributed by atoms with Gasteiger partial charge >= 0.3 is 17.5 Å². The van der Waals surface area contributed by atoms with Gasteiger partial charge in [-0.1, -0.05) is 6.07 Å². The van der Waals surface area contributed by atoms with E-state index in [0.29, 0.717) is 0 Å². The molecule has 3 N–H and O–H groups in total. The topological polar surface area (TPSA) is 147 Å². The van der Waals surface area contributed by atoms with Crippen molar-refractivity contribution in [2.24, 2.45) is 0 Å². The molecule has 0 radical (unpaired) electrons. The van der Waals surface area contributed by atoms with Crippen molar-refractivity contribution in [3.05, 3.63) is 45.6 Å². The Labute approximate surface area is 122 Å². The van der Waals surface area contributed by atoms with E-state index in [0.717, 1.165) is 0 Å². The van der Waals surface area contributed by atoms with Crippen molar-refractivity contribution in [2.75, 3.05) is 12.4 Å². The lowest BCUT2D eigenvalue weighted by atomic mass is 10.2. The first-order chi connectivity index (χ1) is 10.4. The first-order valence-corrected chi connectivity index (χ1v) is 5.85. The van der Waals surface area contributed by atoms with E-state index in [2.05, 4.69) is 15.5 Å². The Morgan fingerprint density at radius 2 is 2.18 bits per heavy atom. The molecule has 0 atom stereocenters. The molecule has 10 nitrogen and oxygen atoms in total. The average molecular weight is 306 g/mol. The highest BCUT2D eigenvalue weighted by atomic mass is 16.6.